The molecule has 0 unspecified atom stereocenters. The van der Waals surface area contributed by atoms with Gasteiger partial charge in [0.2, 0.25) is 0 Å². The molecule has 1 aliphatic rings. The van der Waals surface area contributed by atoms with Gasteiger partial charge in [0.1, 0.15) is 18.0 Å². The molecular formula is C28H24FN5O4. The lowest BCUT2D eigenvalue weighted by molar-refractivity contribution is 0.0602. The molecule has 0 radical (unpaired) electrons. The Morgan fingerprint density at radius 1 is 1.11 bits per heavy atom. The van der Waals surface area contributed by atoms with Crippen molar-refractivity contribution >= 4 is 16.8 Å². The molecule has 0 aliphatic carbocycles. The third kappa shape index (κ3) is 4.50. The summed E-state index contributed by atoms with van der Waals surface area (Å²) in [6.45, 7) is 1.97. The summed E-state index contributed by atoms with van der Waals surface area (Å²) in [5.74, 6) is 0.338. The van der Waals surface area contributed by atoms with Crippen molar-refractivity contribution in [1.82, 2.24) is 25.2 Å². The monoisotopic (exact) mass is 513 g/mol. The molecule has 3 aromatic heterocycles. The number of pyridine rings is 1. The van der Waals surface area contributed by atoms with Crippen LogP contribution in [-0.4, -0.2) is 64.6 Å². The molecule has 2 aromatic carbocycles. The largest absolute Gasteiger partial charge is 0.488 e. The van der Waals surface area contributed by atoms with Crippen molar-refractivity contribution in [2.45, 2.75) is 5.92 Å². The van der Waals surface area contributed by atoms with Gasteiger partial charge < -0.3 is 18.9 Å². The minimum atomic E-state index is -0.509. The Labute approximate surface area is 217 Å². The number of fused-ring (bicyclic) bond motifs is 1. The number of hydrogen-bond acceptors (Lipinski definition) is 7. The second kappa shape index (κ2) is 10.1. The number of rotatable bonds is 8. The maximum atomic E-state index is 14.6. The highest BCUT2D eigenvalue weighted by Crippen LogP contribution is 2.33. The number of carbonyl (C=O) groups excluding carboxylic acids is 1. The first-order valence-electron chi connectivity index (χ1n) is 12.2. The first-order chi connectivity index (χ1) is 18.6. The van der Waals surface area contributed by atoms with Crippen LogP contribution in [0.25, 0.3) is 33.6 Å². The van der Waals surface area contributed by atoms with Gasteiger partial charge in [-0.05, 0) is 35.9 Å². The summed E-state index contributed by atoms with van der Waals surface area (Å²) in [6, 6.07) is 15.9. The highest BCUT2D eigenvalue weighted by molar-refractivity contribution is 5.95. The number of aromatic amines is 1. The summed E-state index contributed by atoms with van der Waals surface area (Å²) < 4.78 is 30.5. The molecule has 38 heavy (non-hydrogen) atoms. The number of nitrogens with one attached hydrogen (secondary N) is 1. The molecule has 5 aromatic rings. The molecule has 1 aliphatic heterocycles. The number of carbonyl (C=O) groups is 1. The van der Waals surface area contributed by atoms with Crippen LogP contribution in [0, 0.1) is 5.82 Å². The Morgan fingerprint density at radius 3 is 2.66 bits per heavy atom. The number of hydrogen-bond donors (Lipinski definition) is 1. The molecule has 9 nitrogen and oxygen atoms in total. The van der Waals surface area contributed by atoms with E-state index >= 15 is 0 Å². The Kier molecular flexibility index (Phi) is 6.30. The van der Waals surface area contributed by atoms with Crippen LogP contribution in [0.3, 0.4) is 0 Å². The quantitative estimate of drug-likeness (QED) is 0.300. The van der Waals surface area contributed by atoms with E-state index in [4.69, 9.17) is 14.0 Å². The van der Waals surface area contributed by atoms with E-state index in [1.54, 1.807) is 43.8 Å². The van der Waals surface area contributed by atoms with Gasteiger partial charge in [0.15, 0.2) is 17.3 Å². The molecule has 1 amide bonds. The number of methoxy groups -OCH3 is 1. The number of benzene rings is 2. The zero-order valence-electron chi connectivity index (χ0n) is 20.6. The van der Waals surface area contributed by atoms with Crippen molar-refractivity contribution in [3.63, 3.8) is 0 Å². The Bertz CT molecular complexity index is 1580. The molecule has 10 heteroatoms. The second-order valence-corrected chi connectivity index (χ2v) is 9.08. The van der Waals surface area contributed by atoms with Crippen LogP contribution in [-0.2, 0) is 4.74 Å². The first-order valence-corrected chi connectivity index (χ1v) is 12.2. The Balaban J connectivity index is 1.15. The minimum absolute atomic E-state index is 0.00159. The average Bonchev–Trinajstić information content (AvgIpc) is 3.56. The maximum Gasteiger partial charge on any atom is 0.253 e. The maximum absolute atomic E-state index is 14.6. The molecule has 1 fully saturated rings. The number of aromatic nitrogens is 4. The third-order valence-electron chi connectivity index (χ3n) is 6.68. The fourth-order valence-corrected chi connectivity index (χ4v) is 4.53. The number of H-pyrrole nitrogens is 1. The molecule has 0 atom stereocenters. The van der Waals surface area contributed by atoms with Crippen LogP contribution in [0.4, 0.5) is 4.39 Å². The van der Waals surface area contributed by atoms with Gasteiger partial charge in [-0.1, -0.05) is 17.3 Å². The predicted octanol–water partition coefficient (Wildman–Crippen LogP) is 4.68. The van der Waals surface area contributed by atoms with Crippen LogP contribution in [0.5, 0.6) is 5.75 Å². The Morgan fingerprint density at radius 2 is 1.89 bits per heavy atom. The van der Waals surface area contributed by atoms with Crippen molar-refractivity contribution in [3.8, 4) is 28.5 Å². The molecule has 6 rings (SSSR count). The van der Waals surface area contributed by atoms with E-state index in [1.165, 1.54) is 11.6 Å². The smallest absolute Gasteiger partial charge is 0.253 e. The van der Waals surface area contributed by atoms with Gasteiger partial charge in [-0.15, -0.1) is 0 Å². The van der Waals surface area contributed by atoms with Crippen molar-refractivity contribution < 1.29 is 23.2 Å². The normalized spacial score (nSPS) is 13.6. The summed E-state index contributed by atoms with van der Waals surface area (Å²) in [7, 11) is 1.55. The van der Waals surface area contributed by atoms with E-state index in [0.29, 0.717) is 59.2 Å². The molecule has 0 spiro atoms. The molecule has 0 saturated carbocycles. The highest BCUT2D eigenvalue weighted by atomic mass is 19.1. The first kappa shape index (κ1) is 23.8. The van der Waals surface area contributed by atoms with Crippen LogP contribution >= 0.6 is 0 Å². The lowest BCUT2D eigenvalue weighted by atomic mass is 9.91. The van der Waals surface area contributed by atoms with E-state index in [9.17, 15) is 9.18 Å². The topological polar surface area (TPSA) is 106 Å². The Hall–Kier alpha value is -4.57. The molecule has 0 bridgehead atoms. The molecule has 192 valence electrons. The van der Waals surface area contributed by atoms with E-state index in [1.807, 2.05) is 29.2 Å². The van der Waals surface area contributed by atoms with Crippen molar-refractivity contribution in [2.75, 3.05) is 33.4 Å². The minimum Gasteiger partial charge on any atom is -0.488 e. The molecular weight excluding hydrogens is 489 g/mol. The summed E-state index contributed by atoms with van der Waals surface area (Å²) >= 11 is 0. The molecule has 1 N–H and O–H groups in total. The summed E-state index contributed by atoms with van der Waals surface area (Å²) in [5.41, 5.74) is 4.22. The van der Waals surface area contributed by atoms with Crippen molar-refractivity contribution in [1.29, 1.82) is 0 Å². The zero-order valence-corrected chi connectivity index (χ0v) is 20.6. The number of halogens is 1. The van der Waals surface area contributed by atoms with E-state index in [0.717, 1.165) is 5.56 Å². The van der Waals surface area contributed by atoms with Gasteiger partial charge in [-0.2, -0.15) is 5.10 Å². The van der Waals surface area contributed by atoms with Gasteiger partial charge >= 0.3 is 0 Å². The van der Waals surface area contributed by atoms with Gasteiger partial charge in [-0.3, -0.25) is 14.9 Å². The van der Waals surface area contributed by atoms with Gasteiger partial charge in [-0.25, -0.2) is 4.39 Å². The van der Waals surface area contributed by atoms with Crippen LogP contribution in [0.2, 0.25) is 0 Å². The van der Waals surface area contributed by atoms with Crippen LogP contribution < -0.4 is 4.74 Å². The number of ether oxygens (including phenoxy) is 2. The van der Waals surface area contributed by atoms with E-state index in [2.05, 4.69) is 20.3 Å². The number of amides is 1. The van der Waals surface area contributed by atoms with Gasteiger partial charge in [0, 0.05) is 67.2 Å². The predicted molar refractivity (Wildman–Crippen MR) is 137 cm³/mol. The number of likely N-dealkylation sites (tertiary alicyclic amines) is 1. The van der Waals surface area contributed by atoms with E-state index < -0.39 is 5.82 Å². The van der Waals surface area contributed by atoms with E-state index in [-0.39, 0.29) is 18.3 Å². The van der Waals surface area contributed by atoms with Crippen LogP contribution in [0.1, 0.15) is 21.8 Å². The SMILES string of the molecule is COCCOc1cc2[nH]nc(-c3cc(-c4ccc(C(=O)N5CC(c6ccncc6)C5)cc4)no3)c2cc1F. The fourth-order valence-electron chi connectivity index (χ4n) is 4.53. The number of nitrogens with zero attached hydrogens (tertiary/aromatic N) is 4. The summed E-state index contributed by atoms with van der Waals surface area (Å²) in [4.78, 5) is 18.8. The standard InChI is InChI=1S/C28H24FN5O4/c1-36-10-11-37-25-14-24-21(12-22(25)29)27(32-31-24)26-13-23(33-38-26)18-2-4-19(5-3-18)28(35)34-15-20(16-34)17-6-8-30-9-7-17/h2-9,12-14,20H,10-11,15-16H2,1H3,(H,31,32). The highest BCUT2D eigenvalue weighted by Gasteiger charge is 2.32. The van der Waals surface area contributed by atoms with Crippen molar-refractivity contribution in [2.24, 2.45) is 0 Å². The lowest BCUT2D eigenvalue weighted by Gasteiger charge is -2.39. The summed E-state index contributed by atoms with van der Waals surface area (Å²) in [6.07, 6.45) is 3.55. The molecule has 1 saturated heterocycles. The fraction of sp³-hybridized carbons (Fsp3) is 0.214. The van der Waals surface area contributed by atoms with Gasteiger partial charge in [0.05, 0.1) is 12.1 Å². The summed E-state index contributed by atoms with van der Waals surface area (Å²) in [5, 5.41) is 11.9. The van der Waals surface area contributed by atoms with Crippen molar-refractivity contribution in [3.05, 3.63) is 83.9 Å². The molecule has 4 heterocycles. The van der Waals surface area contributed by atoms with Gasteiger partial charge in [0.25, 0.3) is 5.91 Å². The third-order valence-corrected chi connectivity index (χ3v) is 6.68. The zero-order chi connectivity index (χ0) is 26.1. The average molecular weight is 514 g/mol. The van der Waals surface area contributed by atoms with Crippen LogP contribution in [0.15, 0.2) is 71.5 Å². The lowest BCUT2D eigenvalue weighted by Crippen LogP contribution is -2.48. The second-order valence-electron chi connectivity index (χ2n) is 9.08.